The first-order valence-electron chi connectivity index (χ1n) is 9.90. The molecule has 3 heterocycles. The van der Waals surface area contributed by atoms with E-state index >= 15 is 0 Å². The molecular weight excluding hydrogens is 397 g/mol. The second-order valence-corrected chi connectivity index (χ2v) is 8.60. The summed E-state index contributed by atoms with van der Waals surface area (Å²) in [6, 6.07) is 12.4. The standard InChI is InChI=1S/C24H24FN3OS/c1-16-14-22(30-15-16)21-9-8-20(23(26-21)27(2)3)24(29)28-12-10-18(11-13-28)17-4-6-19(25)7-5-17/h4-10,14-15H,11-13H2,1-3H3. The Morgan fingerprint density at radius 3 is 2.53 bits per heavy atom. The van der Waals surface area contributed by atoms with Crippen molar-refractivity contribution in [1.82, 2.24) is 9.88 Å². The van der Waals surface area contributed by atoms with E-state index in [9.17, 15) is 9.18 Å². The molecule has 0 unspecified atom stereocenters. The van der Waals surface area contributed by atoms with Gasteiger partial charge in [-0.1, -0.05) is 18.2 Å². The van der Waals surface area contributed by atoms with E-state index in [4.69, 9.17) is 4.98 Å². The van der Waals surface area contributed by atoms with Gasteiger partial charge in [-0.3, -0.25) is 4.79 Å². The SMILES string of the molecule is Cc1csc(-c2ccc(C(=O)N3CC=C(c4ccc(F)cc4)CC3)c(N(C)C)n2)c1. The molecule has 0 atom stereocenters. The van der Waals surface area contributed by atoms with E-state index in [1.807, 2.05) is 36.0 Å². The minimum Gasteiger partial charge on any atom is -0.362 e. The minimum absolute atomic E-state index is 0.0190. The highest BCUT2D eigenvalue weighted by molar-refractivity contribution is 7.13. The van der Waals surface area contributed by atoms with Crippen molar-refractivity contribution in [3.05, 3.63) is 76.4 Å². The summed E-state index contributed by atoms with van der Waals surface area (Å²) in [7, 11) is 3.82. The number of nitrogens with zero attached hydrogens (tertiary/aromatic N) is 3. The monoisotopic (exact) mass is 421 g/mol. The highest BCUT2D eigenvalue weighted by Crippen LogP contribution is 2.30. The van der Waals surface area contributed by atoms with Crippen molar-refractivity contribution in [1.29, 1.82) is 0 Å². The molecule has 0 radical (unpaired) electrons. The van der Waals surface area contributed by atoms with Gasteiger partial charge in [0.1, 0.15) is 11.6 Å². The lowest BCUT2D eigenvalue weighted by molar-refractivity contribution is 0.0773. The molecule has 1 amide bonds. The number of aromatic nitrogens is 1. The van der Waals surface area contributed by atoms with E-state index in [1.165, 1.54) is 17.7 Å². The number of amides is 1. The fourth-order valence-corrected chi connectivity index (χ4v) is 4.48. The van der Waals surface area contributed by atoms with Crippen LogP contribution >= 0.6 is 11.3 Å². The van der Waals surface area contributed by atoms with E-state index < -0.39 is 0 Å². The number of anilines is 1. The number of pyridine rings is 1. The maximum absolute atomic E-state index is 13.2. The summed E-state index contributed by atoms with van der Waals surface area (Å²) in [5.74, 6) is 0.420. The van der Waals surface area contributed by atoms with Gasteiger partial charge in [0.25, 0.3) is 5.91 Å². The van der Waals surface area contributed by atoms with Crippen LogP contribution in [0.15, 0.2) is 53.9 Å². The molecule has 30 heavy (non-hydrogen) atoms. The molecule has 4 rings (SSSR count). The Morgan fingerprint density at radius 1 is 1.17 bits per heavy atom. The Labute approximate surface area is 180 Å². The molecule has 1 aliphatic heterocycles. The molecule has 1 aliphatic rings. The van der Waals surface area contributed by atoms with Crippen LogP contribution in [-0.2, 0) is 0 Å². The van der Waals surface area contributed by atoms with Crippen LogP contribution < -0.4 is 4.90 Å². The van der Waals surface area contributed by atoms with Crippen LogP contribution in [0.25, 0.3) is 16.1 Å². The van der Waals surface area contributed by atoms with Crippen LogP contribution in [0.4, 0.5) is 10.2 Å². The first-order chi connectivity index (χ1) is 14.4. The summed E-state index contributed by atoms with van der Waals surface area (Å²) in [6.45, 7) is 3.22. The summed E-state index contributed by atoms with van der Waals surface area (Å²) in [4.78, 5) is 22.9. The Kier molecular flexibility index (Phi) is 5.68. The van der Waals surface area contributed by atoms with Crippen LogP contribution in [0.2, 0.25) is 0 Å². The van der Waals surface area contributed by atoms with E-state index in [0.29, 0.717) is 24.5 Å². The second-order valence-electron chi connectivity index (χ2n) is 7.69. The Hall–Kier alpha value is -2.99. The molecule has 154 valence electrons. The number of thiophene rings is 1. The number of hydrogen-bond donors (Lipinski definition) is 0. The number of carbonyl (C=O) groups excluding carboxylic acids is 1. The second kappa shape index (κ2) is 8.40. The molecule has 0 spiro atoms. The molecule has 4 nitrogen and oxygen atoms in total. The van der Waals surface area contributed by atoms with Gasteiger partial charge in [0.2, 0.25) is 0 Å². The smallest absolute Gasteiger partial charge is 0.257 e. The van der Waals surface area contributed by atoms with Gasteiger partial charge in [0.15, 0.2) is 0 Å². The highest BCUT2D eigenvalue weighted by Gasteiger charge is 2.23. The maximum atomic E-state index is 13.2. The average molecular weight is 422 g/mol. The van der Waals surface area contributed by atoms with Crippen molar-refractivity contribution >= 4 is 28.6 Å². The maximum Gasteiger partial charge on any atom is 0.257 e. The van der Waals surface area contributed by atoms with E-state index in [-0.39, 0.29) is 11.7 Å². The van der Waals surface area contributed by atoms with Gasteiger partial charge < -0.3 is 9.80 Å². The number of aryl methyl sites for hydroxylation is 1. The molecule has 1 aromatic carbocycles. The zero-order valence-corrected chi connectivity index (χ0v) is 18.2. The molecule has 0 saturated carbocycles. The lowest BCUT2D eigenvalue weighted by atomic mass is 9.99. The molecule has 0 saturated heterocycles. The average Bonchev–Trinajstić information content (AvgIpc) is 3.20. The largest absolute Gasteiger partial charge is 0.362 e. The Morgan fingerprint density at radius 2 is 1.93 bits per heavy atom. The van der Waals surface area contributed by atoms with Crippen molar-refractivity contribution in [3.8, 4) is 10.6 Å². The molecule has 2 aromatic heterocycles. The lowest BCUT2D eigenvalue weighted by Gasteiger charge is -2.28. The predicted molar refractivity (Wildman–Crippen MR) is 122 cm³/mol. The fraction of sp³-hybridized carbons (Fsp3) is 0.250. The fourth-order valence-electron chi connectivity index (χ4n) is 3.61. The predicted octanol–water partition coefficient (Wildman–Crippen LogP) is 5.25. The van der Waals surface area contributed by atoms with E-state index in [2.05, 4.69) is 24.4 Å². The molecule has 0 bridgehead atoms. The minimum atomic E-state index is -0.239. The van der Waals surface area contributed by atoms with Gasteiger partial charge in [-0.25, -0.2) is 9.37 Å². The van der Waals surface area contributed by atoms with E-state index in [1.54, 1.807) is 23.5 Å². The van der Waals surface area contributed by atoms with Crippen molar-refractivity contribution < 1.29 is 9.18 Å². The molecule has 6 heteroatoms. The van der Waals surface area contributed by atoms with Gasteiger partial charge in [-0.05, 0) is 65.8 Å². The van der Waals surface area contributed by atoms with Crippen LogP contribution in [0.5, 0.6) is 0 Å². The van der Waals surface area contributed by atoms with Crippen molar-refractivity contribution in [2.45, 2.75) is 13.3 Å². The zero-order chi connectivity index (χ0) is 21.3. The third-order valence-electron chi connectivity index (χ3n) is 5.22. The number of rotatable bonds is 4. The molecule has 0 aliphatic carbocycles. The van der Waals surface area contributed by atoms with Crippen molar-refractivity contribution in [2.24, 2.45) is 0 Å². The quantitative estimate of drug-likeness (QED) is 0.577. The van der Waals surface area contributed by atoms with Gasteiger partial charge >= 0.3 is 0 Å². The molecule has 0 N–H and O–H groups in total. The highest BCUT2D eigenvalue weighted by atomic mass is 32.1. The summed E-state index contributed by atoms with van der Waals surface area (Å²) in [5, 5.41) is 2.10. The number of hydrogen-bond acceptors (Lipinski definition) is 4. The van der Waals surface area contributed by atoms with Crippen LogP contribution in [-0.4, -0.2) is 43.0 Å². The Bertz CT molecular complexity index is 1100. The number of carbonyl (C=O) groups is 1. The van der Waals surface area contributed by atoms with Crippen molar-refractivity contribution in [2.75, 3.05) is 32.1 Å². The van der Waals surface area contributed by atoms with Crippen LogP contribution in [0.1, 0.15) is 27.9 Å². The Balaban J connectivity index is 1.56. The number of halogens is 1. The third kappa shape index (κ3) is 4.14. The van der Waals surface area contributed by atoms with Crippen LogP contribution in [0, 0.1) is 12.7 Å². The van der Waals surface area contributed by atoms with Crippen LogP contribution in [0.3, 0.4) is 0 Å². The zero-order valence-electron chi connectivity index (χ0n) is 17.4. The van der Waals surface area contributed by atoms with E-state index in [0.717, 1.165) is 28.1 Å². The van der Waals surface area contributed by atoms with Gasteiger partial charge in [-0.15, -0.1) is 11.3 Å². The third-order valence-corrected chi connectivity index (χ3v) is 6.29. The lowest BCUT2D eigenvalue weighted by Crippen LogP contribution is -2.35. The number of benzene rings is 1. The van der Waals surface area contributed by atoms with Gasteiger partial charge in [0, 0.05) is 27.2 Å². The normalized spacial score (nSPS) is 13.9. The molecular formula is C24H24FN3OS. The van der Waals surface area contributed by atoms with Gasteiger partial charge in [-0.2, -0.15) is 0 Å². The summed E-state index contributed by atoms with van der Waals surface area (Å²) in [5.41, 5.74) is 4.85. The summed E-state index contributed by atoms with van der Waals surface area (Å²) < 4.78 is 13.2. The first kappa shape index (κ1) is 20.3. The summed E-state index contributed by atoms with van der Waals surface area (Å²) in [6.07, 6.45) is 2.80. The summed E-state index contributed by atoms with van der Waals surface area (Å²) >= 11 is 1.66. The van der Waals surface area contributed by atoms with Crippen molar-refractivity contribution in [3.63, 3.8) is 0 Å². The molecule has 0 fully saturated rings. The topological polar surface area (TPSA) is 36.4 Å². The first-order valence-corrected chi connectivity index (χ1v) is 10.8. The van der Waals surface area contributed by atoms with Gasteiger partial charge in [0.05, 0.1) is 16.1 Å². The molecule has 3 aromatic rings.